The Hall–Kier alpha value is -4.96. The van der Waals surface area contributed by atoms with Crippen LogP contribution in [0.2, 0.25) is 0 Å². The van der Waals surface area contributed by atoms with Gasteiger partial charge in [0.25, 0.3) is 0 Å². The molecule has 4 heterocycles. The van der Waals surface area contributed by atoms with Gasteiger partial charge < -0.3 is 14.4 Å². The molecule has 0 N–H and O–H groups in total. The molecule has 1 radical (unpaired) electrons. The molecule has 0 aliphatic carbocycles. The molecule has 4 aromatic heterocycles. The molecule has 0 saturated heterocycles. The molecule has 8 rings (SSSR count). The van der Waals surface area contributed by atoms with E-state index in [2.05, 4.69) is 137 Å². The van der Waals surface area contributed by atoms with Gasteiger partial charge in [-0.2, -0.15) is 0 Å². The van der Waals surface area contributed by atoms with Gasteiger partial charge in [-0.15, -0.1) is 54.1 Å². The van der Waals surface area contributed by atoms with Crippen molar-refractivity contribution in [3.63, 3.8) is 0 Å². The summed E-state index contributed by atoms with van der Waals surface area (Å²) >= 11 is 0. The van der Waals surface area contributed by atoms with Gasteiger partial charge in [0, 0.05) is 55.2 Å². The third-order valence-electron chi connectivity index (χ3n) is 9.39. The van der Waals surface area contributed by atoms with E-state index in [-0.39, 0.29) is 25.5 Å². The van der Waals surface area contributed by atoms with Crippen molar-refractivity contribution >= 4 is 32.7 Å². The zero-order chi connectivity index (χ0) is 37.3. The average Bonchev–Trinajstić information content (AvgIpc) is 3.52. The van der Waals surface area contributed by atoms with Crippen LogP contribution in [0.4, 0.5) is 0 Å². The zero-order valence-corrected chi connectivity index (χ0v) is 34.9. The van der Waals surface area contributed by atoms with E-state index >= 15 is 0 Å². The molecule has 0 fully saturated rings. The standard InChI is InChI=1S/C27H25N2O.C22H22N.Ir/c1-16-14-29-24(12-19(16)13-27(3,4)5)22-8-6-7-20-21-10-9-18-11-17(2)28-15-23(18)26(21)30-25(20)22;1-22(2,3)16-17-9-11-18(12-10-17)20-13-14-23-21(15-20)19-7-5-4-6-8-19;/h6-7,9-12,14-15H,13H2,1-5H3;4-7,9-15H,16H2,1-3H3;/q2*-1;. The molecule has 0 saturated carbocycles. The summed E-state index contributed by atoms with van der Waals surface area (Å²) < 4.78 is 6.45. The zero-order valence-electron chi connectivity index (χ0n) is 32.5. The summed E-state index contributed by atoms with van der Waals surface area (Å²) in [7, 11) is 0. The van der Waals surface area contributed by atoms with Crippen molar-refractivity contribution in [3.05, 3.63) is 150 Å². The van der Waals surface area contributed by atoms with Crippen LogP contribution in [0.15, 0.2) is 120 Å². The van der Waals surface area contributed by atoms with E-state index in [4.69, 9.17) is 9.40 Å². The topological polar surface area (TPSA) is 51.8 Å². The smallest absolute Gasteiger partial charge is 0.130 e. The number of fused-ring (bicyclic) bond motifs is 5. The normalized spacial score (nSPS) is 11.7. The Labute approximate surface area is 333 Å². The van der Waals surface area contributed by atoms with Crippen molar-refractivity contribution < 1.29 is 24.5 Å². The predicted molar refractivity (Wildman–Crippen MR) is 221 cm³/mol. The maximum atomic E-state index is 6.45. The SMILES string of the molecule is CC(C)(C)Cc1ccc(-c2ccnc(-c3[c-]cccc3)c2)cc1.Cc1cc2ccc3c4cc[c-]c(-c5cc(CC(C)(C)C)c(C)cn5)c4oc3c2cn1.[Ir]. The molecule has 5 heteroatoms. The van der Waals surface area contributed by atoms with E-state index < -0.39 is 0 Å². The maximum Gasteiger partial charge on any atom is 0.130 e. The van der Waals surface area contributed by atoms with Crippen LogP contribution in [0, 0.1) is 36.8 Å². The van der Waals surface area contributed by atoms with E-state index in [0.29, 0.717) is 5.41 Å². The first kappa shape index (κ1) is 38.8. The van der Waals surface area contributed by atoms with Crippen LogP contribution in [0.25, 0.3) is 66.4 Å². The van der Waals surface area contributed by atoms with Crippen LogP contribution in [0.5, 0.6) is 0 Å². The van der Waals surface area contributed by atoms with Crippen molar-refractivity contribution in [2.45, 2.75) is 68.2 Å². The first-order valence-electron chi connectivity index (χ1n) is 18.4. The summed E-state index contributed by atoms with van der Waals surface area (Å²) in [6.45, 7) is 17.7. The second-order valence-electron chi connectivity index (χ2n) is 16.6. The number of hydrogen-bond donors (Lipinski definition) is 0. The second kappa shape index (κ2) is 15.8. The monoisotopic (exact) mass is 886 g/mol. The van der Waals surface area contributed by atoms with Crippen molar-refractivity contribution in [2.24, 2.45) is 10.8 Å². The van der Waals surface area contributed by atoms with Gasteiger partial charge >= 0.3 is 0 Å². The molecule has 0 amide bonds. The van der Waals surface area contributed by atoms with E-state index in [1.54, 1.807) is 0 Å². The molecule has 0 spiro atoms. The van der Waals surface area contributed by atoms with Crippen LogP contribution in [0.3, 0.4) is 0 Å². The molecule has 8 aromatic rings. The van der Waals surface area contributed by atoms with Gasteiger partial charge in [0.15, 0.2) is 0 Å². The van der Waals surface area contributed by atoms with Gasteiger partial charge in [-0.25, -0.2) is 0 Å². The Morgan fingerprint density at radius 3 is 2.09 bits per heavy atom. The molecular formula is C49H47IrN3O-2. The van der Waals surface area contributed by atoms with Crippen LogP contribution >= 0.6 is 0 Å². The quantitative estimate of drug-likeness (QED) is 0.162. The van der Waals surface area contributed by atoms with Crippen molar-refractivity contribution in [1.82, 2.24) is 15.0 Å². The number of benzene rings is 4. The molecule has 275 valence electrons. The molecular weight excluding hydrogens is 839 g/mol. The Morgan fingerprint density at radius 2 is 1.37 bits per heavy atom. The van der Waals surface area contributed by atoms with Gasteiger partial charge in [-0.3, -0.25) is 4.98 Å². The van der Waals surface area contributed by atoms with E-state index in [9.17, 15) is 0 Å². The molecule has 54 heavy (non-hydrogen) atoms. The Bertz CT molecular complexity index is 2540. The summed E-state index contributed by atoms with van der Waals surface area (Å²) in [4.78, 5) is 13.7. The minimum atomic E-state index is 0. The van der Waals surface area contributed by atoms with Crippen LogP contribution in [-0.4, -0.2) is 15.0 Å². The van der Waals surface area contributed by atoms with Crippen LogP contribution < -0.4 is 0 Å². The number of aryl methyl sites for hydroxylation is 2. The van der Waals surface area contributed by atoms with Crippen molar-refractivity contribution in [2.75, 3.05) is 0 Å². The number of nitrogens with zero attached hydrogens (tertiary/aromatic N) is 3. The minimum Gasteiger partial charge on any atom is -0.500 e. The molecule has 4 aromatic carbocycles. The fourth-order valence-electron chi connectivity index (χ4n) is 6.92. The summed E-state index contributed by atoms with van der Waals surface area (Å²) in [6.07, 6.45) is 7.83. The number of aromatic nitrogens is 3. The van der Waals surface area contributed by atoms with Crippen molar-refractivity contribution in [3.8, 4) is 33.6 Å². The summed E-state index contributed by atoms with van der Waals surface area (Å²) in [5.74, 6) is 0. The molecule has 0 atom stereocenters. The van der Waals surface area contributed by atoms with Gasteiger partial charge in [0.1, 0.15) is 5.58 Å². The Morgan fingerprint density at radius 1 is 0.611 bits per heavy atom. The molecule has 0 bridgehead atoms. The van der Waals surface area contributed by atoms with Gasteiger partial charge in [-0.1, -0.05) is 107 Å². The first-order valence-corrected chi connectivity index (χ1v) is 18.4. The third-order valence-corrected chi connectivity index (χ3v) is 9.39. The largest absolute Gasteiger partial charge is 0.500 e. The molecule has 0 unspecified atom stereocenters. The van der Waals surface area contributed by atoms with E-state index in [1.165, 1.54) is 27.8 Å². The predicted octanol–water partition coefficient (Wildman–Crippen LogP) is 13.0. The summed E-state index contributed by atoms with van der Waals surface area (Å²) in [5, 5.41) is 4.35. The van der Waals surface area contributed by atoms with Crippen molar-refractivity contribution in [1.29, 1.82) is 0 Å². The van der Waals surface area contributed by atoms with Crippen LogP contribution in [-0.2, 0) is 32.9 Å². The molecule has 0 aliphatic heterocycles. The Kier molecular flexibility index (Phi) is 11.3. The second-order valence-corrected chi connectivity index (χ2v) is 16.6. The summed E-state index contributed by atoms with van der Waals surface area (Å²) in [6, 6.07) is 40.2. The maximum absolute atomic E-state index is 6.45. The molecule has 0 aliphatic rings. The minimum absolute atomic E-state index is 0. The van der Waals surface area contributed by atoms with Gasteiger partial charge in [0.05, 0.1) is 5.58 Å². The number of furan rings is 1. The van der Waals surface area contributed by atoms with E-state index in [0.717, 1.165) is 73.8 Å². The summed E-state index contributed by atoms with van der Waals surface area (Å²) in [5.41, 5.74) is 13.4. The number of rotatable bonds is 5. The van der Waals surface area contributed by atoms with Gasteiger partial charge in [-0.05, 0) is 88.7 Å². The fraction of sp³-hybridized carbons (Fsp3) is 0.245. The fourth-order valence-corrected chi connectivity index (χ4v) is 6.92. The number of pyridine rings is 3. The Balaban J connectivity index is 0.000000187. The van der Waals surface area contributed by atoms with E-state index in [1.807, 2.05) is 55.8 Å². The third kappa shape index (κ3) is 8.87. The first-order chi connectivity index (χ1) is 25.3. The average molecular weight is 886 g/mol. The number of hydrogen-bond acceptors (Lipinski definition) is 4. The van der Waals surface area contributed by atoms with Gasteiger partial charge in [0.2, 0.25) is 0 Å². The van der Waals surface area contributed by atoms with Crippen LogP contribution in [0.1, 0.15) is 63.9 Å². The molecule has 4 nitrogen and oxygen atoms in total.